The zero-order valence-corrected chi connectivity index (χ0v) is 11.5. The second-order valence-corrected chi connectivity index (χ2v) is 5.79. The molecular weight excluding hydrogens is 240 g/mol. The van der Waals surface area contributed by atoms with Crippen molar-refractivity contribution in [1.29, 1.82) is 0 Å². The van der Waals surface area contributed by atoms with E-state index in [1.807, 2.05) is 6.92 Å². The Kier molecular flexibility index (Phi) is 3.55. The minimum absolute atomic E-state index is 0.160. The van der Waals surface area contributed by atoms with Gasteiger partial charge in [0.2, 0.25) is 0 Å². The van der Waals surface area contributed by atoms with Crippen molar-refractivity contribution in [3.05, 3.63) is 17.5 Å². The van der Waals surface area contributed by atoms with E-state index in [2.05, 4.69) is 20.4 Å². The number of aromatic amines is 1. The molecule has 1 amide bonds. The Balaban J connectivity index is 1.70. The second-order valence-electron chi connectivity index (χ2n) is 5.79. The maximum Gasteiger partial charge on any atom is 0.257 e. The van der Waals surface area contributed by atoms with Crippen LogP contribution in [-0.2, 0) is 0 Å². The molecule has 3 rings (SSSR count). The van der Waals surface area contributed by atoms with Gasteiger partial charge >= 0.3 is 0 Å². The van der Waals surface area contributed by atoms with Gasteiger partial charge in [0.15, 0.2) is 0 Å². The average Bonchev–Trinajstić information content (AvgIpc) is 3.18. The summed E-state index contributed by atoms with van der Waals surface area (Å²) >= 11 is 0. The van der Waals surface area contributed by atoms with Crippen molar-refractivity contribution in [1.82, 2.24) is 20.4 Å². The van der Waals surface area contributed by atoms with Crippen LogP contribution >= 0.6 is 0 Å². The number of amides is 1. The van der Waals surface area contributed by atoms with Crippen molar-refractivity contribution in [3.8, 4) is 0 Å². The van der Waals surface area contributed by atoms with Crippen molar-refractivity contribution < 1.29 is 4.79 Å². The first-order valence-corrected chi connectivity index (χ1v) is 7.27. The summed E-state index contributed by atoms with van der Waals surface area (Å²) < 4.78 is 0. The van der Waals surface area contributed by atoms with E-state index in [4.69, 9.17) is 0 Å². The lowest BCUT2D eigenvalue weighted by Crippen LogP contribution is -2.40. The molecule has 1 aliphatic carbocycles. The number of aryl methyl sites for hydroxylation is 1. The molecule has 1 saturated carbocycles. The van der Waals surface area contributed by atoms with E-state index in [-0.39, 0.29) is 5.91 Å². The molecule has 1 saturated heterocycles. The van der Waals surface area contributed by atoms with Crippen LogP contribution in [0.25, 0.3) is 0 Å². The summed E-state index contributed by atoms with van der Waals surface area (Å²) in [5.74, 6) is 0.810. The number of H-pyrrole nitrogens is 1. The van der Waals surface area contributed by atoms with Gasteiger partial charge in [-0.15, -0.1) is 0 Å². The Morgan fingerprint density at radius 3 is 2.68 bits per heavy atom. The van der Waals surface area contributed by atoms with E-state index in [1.165, 1.54) is 12.8 Å². The fraction of sp³-hybridized carbons (Fsp3) is 0.714. The maximum absolute atomic E-state index is 12.6. The largest absolute Gasteiger partial charge is 0.335 e. The second kappa shape index (κ2) is 5.33. The molecule has 2 fully saturated rings. The van der Waals surface area contributed by atoms with Crippen molar-refractivity contribution in [2.75, 3.05) is 19.6 Å². The number of piperidine rings is 1. The third-order valence-electron chi connectivity index (χ3n) is 4.22. The minimum atomic E-state index is 0.160. The van der Waals surface area contributed by atoms with Crippen LogP contribution in [0, 0.1) is 12.8 Å². The lowest BCUT2D eigenvalue weighted by Gasteiger charge is -2.30. The first-order valence-electron chi connectivity index (χ1n) is 7.27. The number of nitrogens with zero attached hydrogens (tertiary/aromatic N) is 2. The Morgan fingerprint density at radius 1 is 1.37 bits per heavy atom. The molecule has 2 N–H and O–H groups in total. The predicted molar refractivity (Wildman–Crippen MR) is 73.0 cm³/mol. The van der Waals surface area contributed by atoms with Gasteiger partial charge in [-0.3, -0.25) is 9.89 Å². The van der Waals surface area contributed by atoms with E-state index >= 15 is 0 Å². The van der Waals surface area contributed by atoms with Crippen molar-refractivity contribution in [2.45, 2.75) is 38.6 Å². The van der Waals surface area contributed by atoms with E-state index < -0.39 is 0 Å². The van der Waals surface area contributed by atoms with Crippen LogP contribution in [-0.4, -0.2) is 46.7 Å². The van der Waals surface area contributed by atoms with Gasteiger partial charge in [-0.25, -0.2) is 0 Å². The van der Waals surface area contributed by atoms with Gasteiger partial charge in [0, 0.05) is 18.3 Å². The fourth-order valence-electron chi connectivity index (χ4n) is 2.85. The van der Waals surface area contributed by atoms with Gasteiger partial charge in [0.05, 0.1) is 11.8 Å². The first kappa shape index (κ1) is 12.7. The number of nitrogens with one attached hydrogen (secondary N) is 2. The highest BCUT2D eigenvalue weighted by atomic mass is 16.2. The molecule has 0 spiro atoms. The van der Waals surface area contributed by atoms with E-state index in [1.54, 1.807) is 6.20 Å². The highest BCUT2D eigenvalue weighted by Crippen LogP contribution is 2.30. The monoisotopic (exact) mass is 262 g/mol. The van der Waals surface area contributed by atoms with Crippen LogP contribution in [0.15, 0.2) is 6.20 Å². The molecular formula is C14H22N4O. The lowest BCUT2D eigenvalue weighted by molar-refractivity contribution is 0.0701. The SMILES string of the molecule is Cc1[nH]ncc1C(=O)N(CC1CCNCC1)C1CC1. The zero-order chi connectivity index (χ0) is 13.2. The van der Waals surface area contributed by atoms with Crippen molar-refractivity contribution in [2.24, 2.45) is 5.92 Å². The standard InChI is InChI=1S/C14H22N4O/c1-10-13(8-16-17-10)14(19)18(12-2-3-12)9-11-4-6-15-7-5-11/h8,11-12,15H,2-7,9H2,1H3,(H,16,17). The zero-order valence-electron chi connectivity index (χ0n) is 11.5. The summed E-state index contributed by atoms with van der Waals surface area (Å²) in [4.78, 5) is 14.7. The predicted octanol–water partition coefficient (Wildman–Crippen LogP) is 1.32. The van der Waals surface area contributed by atoms with Crippen molar-refractivity contribution >= 4 is 5.91 Å². The summed E-state index contributed by atoms with van der Waals surface area (Å²) in [6.45, 7) is 5.00. The van der Waals surface area contributed by atoms with E-state index in [0.29, 0.717) is 12.0 Å². The number of rotatable bonds is 4. The summed E-state index contributed by atoms with van der Waals surface area (Å²) in [6, 6.07) is 0.469. The number of carbonyl (C=O) groups excluding carboxylic acids is 1. The minimum Gasteiger partial charge on any atom is -0.335 e. The molecule has 0 atom stereocenters. The molecule has 0 bridgehead atoms. The number of carbonyl (C=O) groups is 1. The molecule has 5 nitrogen and oxygen atoms in total. The quantitative estimate of drug-likeness (QED) is 0.860. The first-order chi connectivity index (χ1) is 9.25. The van der Waals surface area contributed by atoms with Crippen LogP contribution in [0.4, 0.5) is 0 Å². The molecule has 1 aliphatic heterocycles. The average molecular weight is 262 g/mol. The number of aromatic nitrogens is 2. The molecule has 2 aliphatic rings. The fourth-order valence-corrected chi connectivity index (χ4v) is 2.85. The highest BCUT2D eigenvalue weighted by Gasteiger charge is 2.35. The molecule has 0 aromatic carbocycles. The Bertz CT molecular complexity index is 446. The van der Waals surface area contributed by atoms with E-state index in [9.17, 15) is 4.79 Å². The van der Waals surface area contributed by atoms with Gasteiger partial charge in [0.25, 0.3) is 5.91 Å². The Hall–Kier alpha value is -1.36. The number of hydrogen-bond acceptors (Lipinski definition) is 3. The Labute approximate surface area is 113 Å². The van der Waals surface area contributed by atoms with Crippen LogP contribution in [0.3, 0.4) is 0 Å². The van der Waals surface area contributed by atoms with Crippen LogP contribution in [0.1, 0.15) is 41.7 Å². The molecule has 1 aromatic rings. The maximum atomic E-state index is 12.6. The molecule has 2 heterocycles. The summed E-state index contributed by atoms with van der Waals surface area (Å²) in [5, 5.41) is 10.2. The molecule has 5 heteroatoms. The van der Waals surface area contributed by atoms with Gasteiger partial charge in [-0.1, -0.05) is 0 Å². The highest BCUT2D eigenvalue weighted by molar-refractivity contribution is 5.95. The summed E-state index contributed by atoms with van der Waals surface area (Å²) in [6.07, 6.45) is 6.35. The molecule has 19 heavy (non-hydrogen) atoms. The molecule has 0 unspecified atom stereocenters. The third-order valence-corrected chi connectivity index (χ3v) is 4.22. The molecule has 1 aromatic heterocycles. The molecule has 104 valence electrons. The van der Waals surface area contributed by atoms with Gasteiger partial charge in [0.1, 0.15) is 0 Å². The number of hydrogen-bond donors (Lipinski definition) is 2. The Morgan fingerprint density at radius 2 is 2.11 bits per heavy atom. The molecule has 0 radical (unpaired) electrons. The topological polar surface area (TPSA) is 61.0 Å². The van der Waals surface area contributed by atoms with E-state index in [0.717, 1.165) is 43.7 Å². The van der Waals surface area contributed by atoms with Gasteiger partial charge < -0.3 is 10.2 Å². The third kappa shape index (κ3) is 2.81. The van der Waals surface area contributed by atoms with Gasteiger partial charge in [-0.2, -0.15) is 5.10 Å². The van der Waals surface area contributed by atoms with Gasteiger partial charge in [-0.05, 0) is 51.6 Å². The summed E-state index contributed by atoms with van der Waals surface area (Å²) in [5.41, 5.74) is 1.61. The van der Waals surface area contributed by atoms with Crippen LogP contribution in [0.2, 0.25) is 0 Å². The normalized spacial score (nSPS) is 20.5. The lowest BCUT2D eigenvalue weighted by atomic mass is 9.97. The van der Waals surface area contributed by atoms with Crippen LogP contribution in [0.5, 0.6) is 0 Å². The van der Waals surface area contributed by atoms with Crippen LogP contribution < -0.4 is 5.32 Å². The van der Waals surface area contributed by atoms with Crippen molar-refractivity contribution in [3.63, 3.8) is 0 Å². The summed E-state index contributed by atoms with van der Waals surface area (Å²) in [7, 11) is 0. The smallest absolute Gasteiger partial charge is 0.257 e.